The highest BCUT2D eigenvalue weighted by Gasteiger charge is 2.06. The molecule has 1 aromatic rings. The van der Waals surface area contributed by atoms with Gasteiger partial charge in [-0.2, -0.15) is 0 Å². The summed E-state index contributed by atoms with van der Waals surface area (Å²) in [5.74, 6) is 0.475. The summed E-state index contributed by atoms with van der Waals surface area (Å²) in [6, 6.07) is 0. The molecule has 0 spiro atoms. The average molecular weight is 330 g/mol. The lowest BCUT2D eigenvalue weighted by Gasteiger charge is -2.05. The first-order valence-corrected chi connectivity index (χ1v) is 8.35. The maximum absolute atomic E-state index is 11.3. The first kappa shape index (κ1) is 22.8. The molecule has 1 aromatic heterocycles. The molecule has 0 bridgehead atoms. The van der Waals surface area contributed by atoms with Crippen LogP contribution in [0.15, 0.2) is 5.38 Å². The van der Waals surface area contributed by atoms with E-state index >= 15 is 0 Å². The van der Waals surface area contributed by atoms with Gasteiger partial charge in [-0.05, 0) is 25.8 Å². The Hall–Kier alpha value is -1.47. The third-order valence-electron chi connectivity index (χ3n) is 2.18. The zero-order chi connectivity index (χ0) is 17.4. The Bertz CT molecular complexity index is 393. The molecule has 0 atom stereocenters. The normalized spacial score (nSPS) is 9.18. The van der Waals surface area contributed by atoms with E-state index in [0.717, 1.165) is 18.5 Å². The molecule has 5 N–H and O–H groups in total. The number of nitrogens with two attached hydrogens (primary N) is 2. The number of anilines is 1. The fourth-order valence-electron chi connectivity index (χ4n) is 1.15. The molecular formula is C15H30N4O2S. The number of unbranched alkanes of at least 4 members (excludes halogenated alkanes) is 1. The fraction of sp³-hybridized carbons (Fsp3) is 0.667. The van der Waals surface area contributed by atoms with Gasteiger partial charge in [0, 0.05) is 11.9 Å². The van der Waals surface area contributed by atoms with Gasteiger partial charge in [0.25, 0.3) is 0 Å². The Morgan fingerprint density at radius 3 is 2.41 bits per heavy atom. The maximum atomic E-state index is 11.3. The van der Waals surface area contributed by atoms with E-state index in [9.17, 15) is 4.79 Å². The highest BCUT2D eigenvalue weighted by molar-refractivity contribution is 7.13. The van der Waals surface area contributed by atoms with Crippen LogP contribution in [0.5, 0.6) is 0 Å². The quantitative estimate of drug-likeness (QED) is 0.691. The van der Waals surface area contributed by atoms with Crippen LogP contribution in [0.25, 0.3) is 0 Å². The summed E-state index contributed by atoms with van der Waals surface area (Å²) in [7, 11) is 0. The maximum Gasteiger partial charge on any atom is 0.226 e. The number of amides is 1. The van der Waals surface area contributed by atoms with Gasteiger partial charge >= 0.3 is 0 Å². The second kappa shape index (κ2) is 15.9. The highest BCUT2D eigenvalue weighted by Crippen LogP contribution is 2.11. The van der Waals surface area contributed by atoms with E-state index in [-0.39, 0.29) is 5.91 Å². The molecule has 0 aromatic carbocycles. The number of hydrogen-bond donors (Lipinski definition) is 3. The molecule has 6 nitrogen and oxygen atoms in total. The minimum atomic E-state index is 0.00370. The first-order chi connectivity index (χ1) is 10.4. The van der Waals surface area contributed by atoms with E-state index in [2.05, 4.69) is 31.1 Å². The summed E-state index contributed by atoms with van der Waals surface area (Å²) in [6.45, 7) is 9.24. The van der Waals surface area contributed by atoms with Crippen LogP contribution in [-0.4, -0.2) is 30.3 Å². The van der Waals surface area contributed by atoms with Crippen molar-refractivity contribution < 1.29 is 9.59 Å². The lowest BCUT2D eigenvalue weighted by molar-refractivity contribution is -0.120. The van der Waals surface area contributed by atoms with E-state index in [1.807, 2.05) is 5.38 Å². The Balaban J connectivity index is 0. The van der Waals surface area contributed by atoms with Gasteiger partial charge < -0.3 is 21.6 Å². The van der Waals surface area contributed by atoms with Crippen LogP contribution in [-0.2, 0) is 16.0 Å². The van der Waals surface area contributed by atoms with Crippen LogP contribution in [0.2, 0.25) is 0 Å². The molecular weight excluding hydrogens is 300 g/mol. The van der Waals surface area contributed by atoms with E-state index in [1.165, 1.54) is 31.1 Å². The van der Waals surface area contributed by atoms with Gasteiger partial charge in [0.1, 0.15) is 6.29 Å². The highest BCUT2D eigenvalue weighted by atomic mass is 32.1. The molecule has 0 fully saturated rings. The first-order valence-electron chi connectivity index (χ1n) is 7.47. The molecule has 0 radical (unpaired) electrons. The van der Waals surface area contributed by atoms with Crippen molar-refractivity contribution in [2.75, 3.05) is 18.8 Å². The molecule has 0 saturated carbocycles. The Kier molecular flexibility index (Phi) is 16.5. The summed E-state index contributed by atoms with van der Waals surface area (Å²) in [6.07, 6.45) is 3.46. The van der Waals surface area contributed by atoms with Crippen LogP contribution in [0.1, 0.15) is 46.2 Å². The standard InChI is InChI=1S/C9H15N3OS.C4H11N.C2H4O/c1-6(2)4-11-8(13)3-7-5-14-9(10)12-7;1-2-3-4-5;1-2-3/h5-6H,3-4H2,1-2H3,(H2,10,12)(H,11,13);2-5H2,1H3;2H,1H3. The van der Waals surface area contributed by atoms with Crippen LogP contribution in [0.4, 0.5) is 5.13 Å². The molecule has 1 heterocycles. The lowest BCUT2D eigenvalue weighted by atomic mass is 10.2. The van der Waals surface area contributed by atoms with E-state index < -0.39 is 0 Å². The van der Waals surface area contributed by atoms with Crippen molar-refractivity contribution in [2.24, 2.45) is 11.7 Å². The molecule has 7 heteroatoms. The number of thiazole rings is 1. The fourth-order valence-corrected chi connectivity index (χ4v) is 1.72. The molecule has 0 aliphatic carbocycles. The Labute approximate surface area is 137 Å². The molecule has 1 amide bonds. The number of nitrogen functional groups attached to an aromatic ring is 1. The van der Waals surface area contributed by atoms with Gasteiger partial charge in [-0.3, -0.25) is 4.79 Å². The number of aldehydes is 1. The SMILES string of the molecule is CC(C)CNC(=O)Cc1csc(N)n1.CC=O.CCCCN. The van der Waals surface area contributed by atoms with E-state index in [4.69, 9.17) is 16.3 Å². The van der Waals surface area contributed by atoms with Crippen molar-refractivity contribution in [3.05, 3.63) is 11.1 Å². The van der Waals surface area contributed by atoms with Gasteiger partial charge in [-0.25, -0.2) is 4.98 Å². The van der Waals surface area contributed by atoms with E-state index in [0.29, 0.717) is 24.0 Å². The minimum Gasteiger partial charge on any atom is -0.375 e. The topological polar surface area (TPSA) is 111 Å². The van der Waals surface area contributed by atoms with Crippen molar-refractivity contribution >= 4 is 28.7 Å². The average Bonchev–Trinajstić information content (AvgIpc) is 2.84. The Morgan fingerprint density at radius 1 is 1.50 bits per heavy atom. The van der Waals surface area contributed by atoms with Gasteiger partial charge in [0.2, 0.25) is 5.91 Å². The molecule has 0 unspecified atom stereocenters. The molecule has 0 aliphatic rings. The van der Waals surface area contributed by atoms with Crippen LogP contribution < -0.4 is 16.8 Å². The van der Waals surface area contributed by atoms with Crippen molar-refractivity contribution in [3.8, 4) is 0 Å². The number of carbonyl (C=O) groups is 2. The van der Waals surface area contributed by atoms with Gasteiger partial charge in [-0.15, -0.1) is 11.3 Å². The predicted molar refractivity (Wildman–Crippen MR) is 93.8 cm³/mol. The molecule has 22 heavy (non-hydrogen) atoms. The van der Waals surface area contributed by atoms with Crippen molar-refractivity contribution in [2.45, 2.75) is 47.0 Å². The minimum absolute atomic E-state index is 0.00370. The molecule has 0 aliphatic heterocycles. The van der Waals surface area contributed by atoms with Crippen LogP contribution in [0.3, 0.4) is 0 Å². The lowest BCUT2D eigenvalue weighted by Crippen LogP contribution is -2.28. The summed E-state index contributed by atoms with van der Waals surface area (Å²) in [5, 5.41) is 5.15. The molecule has 1 rings (SSSR count). The second-order valence-electron chi connectivity index (χ2n) is 4.93. The third kappa shape index (κ3) is 16.6. The third-order valence-corrected chi connectivity index (χ3v) is 2.90. The van der Waals surface area contributed by atoms with Gasteiger partial charge in [0.15, 0.2) is 5.13 Å². The largest absolute Gasteiger partial charge is 0.375 e. The van der Waals surface area contributed by atoms with Gasteiger partial charge in [0.05, 0.1) is 12.1 Å². The predicted octanol–water partition coefficient (Wildman–Crippen LogP) is 1.99. The summed E-state index contributed by atoms with van der Waals surface area (Å²) in [5.41, 5.74) is 11.3. The Morgan fingerprint density at radius 2 is 2.09 bits per heavy atom. The molecule has 0 saturated heterocycles. The number of nitrogens with one attached hydrogen (secondary N) is 1. The van der Waals surface area contributed by atoms with Crippen molar-refractivity contribution in [1.82, 2.24) is 10.3 Å². The number of aromatic nitrogens is 1. The monoisotopic (exact) mass is 330 g/mol. The zero-order valence-electron chi connectivity index (χ0n) is 14.1. The molecule has 128 valence electrons. The summed E-state index contributed by atoms with van der Waals surface area (Å²) < 4.78 is 0. The second-order valence-corrected chi connectivity index (χ2v) is 5.82. The number of carbonyl (C=O) groups excluding carboxylic acids is 2. The van der Waals surface area contributed by atoms with Crippen LogP contribution in [0, 0.1) is 5.92 Å². The number of rotatable bonds is 6. The number of hydrogen-bond acceptors (Lipinski definition) is 6. The summed E-state index contributed by atoms with van der Waals surface area (Å²) >= 11 is 1.36. The number of nitrogens with zero attached hydrogens (tertiary/aromatic N) is 1. The van der Waals surface area contributed by atoms with Crippen molar-refractivity contribution in [3.63, 3.8) is 0 Å². The van der Waals surface area contributed by atoms with Gasteiger partial charge in [-0.1, -0.05) is 27.2 Å². The smallest absolute Gasteiger partial charge is 0.226 e. The van der Waals surface area contributed by atoms with E-state index in [1.54, 1.807) is 0 Å². The van der Waals surface area contributed by atoms with Crippen molar-refractivity contribution in [1.29, 1.82) is 0 Å². The summed E-state index contributed by atoms with van der Waals surface area (Å²) in [4.78, 5) is 24.2. The zero-order valence-corrected chi connectivity index (χ0v) is 14.9. The van der Waals surface area contributed by atoms with Crippen LogP contribution >= 0.6 is 11.3 Å².